The van der Waals surface area contributed by atoms with E-state index in [1.54, 1.807) is 35.6 Å². The molecule has 5 nitrogen and oxygen atoms in total. The molecule has 1 unspecified atom stereocenters. The van der Waals surface area contributed by atoms with Crippen LogP contribution in [0.3, 0.4) is 0 Å². The van der Waals surface area contributed by atoms with Gasteiger partial charge in [-0.25, -0.2) is 0 Å². The van der Waals surface area contributed by atoms with Crippen molar-refractivity contribution in [2.24, 2.45) is 0 Å². The van der Waals surface area contributed by atoms with Crippen LogP contribution in [-0.4, -0.2) is 52.6 Å². The van der Waals surface area contributed by atoms with E-state index in [1.807, 2.05) is 23.6 Å². The summed E-state index contributed by atoms with van der Waals surface area (Å²) in [6.07, 6.45) is -0.239. The Balaban J connectivity index is 1.62. The van der Waals surface area contributed by atoms with Gasteiger partial charge in [-0.05, 0) is 30.0 Å². The number of rotatable bonds is 4. The Morgan fingerprint density at radius 1 is 1.22 bits per heavy atom. The van der Waals surface area contributed by atoms with Crippen molar-refractivity contribution in [2.75, 3.05) is 19.6 Å². The summed E-state index contributed by atoms with van der Waals surface area (Å²) in [4.78, 5) is 28.7. The Bertz CT molecular complexity index is 672. The lowest BCUT2D eigenvalue weighted by Crippen LogP contribution is -2.58. The molecule has 2 heterocycles. The first-order valence-electron chi connectivity index (χ1n) is 7.49. The van der Waals surface area contributed by atoms with Gasteiger partial charge in [0.05, 0.1) is 6.54 Å². The maximum atomic E-state index is 12.4. The van der Waals surface area contributed by atoms with Crippen LogP contribution in [-0.2, 0) is 11.2 Å². The monoisotopic (exact) mass is 330 g/mol. The van der Waals surface area contributed by atoms with Gasteiger partial charge in [0.15, 0.2) is 0 Å². The molecule has 0 aliphatic carbocycles. The largest absolute Gasteiger partial charge is 0.372 e. The molecule has 120 valence electrons. The molecule has 6 heteroatoms. The zero-order valence-electron chi connectivity index (χ0n) is 12.6. The highest BCUT2D eigenvalue weighted by Gasteiger charge is 2.33. The Hall–Kier alpha value is -2.18. The van der Waals surface area contributed by atoms with Gasteiger partial charge in [-0.1, -0.05) is 24.3 Å². The number of hydrogen-bond acceptors (Lipinski definition) is 4. The summed E-state index contributed by atoms with van der Waals surface area (Å²) in [6.45, 7) is 0.618. The minimum atomic E-state index is -0.955. The maximum absolute atomic E-state index is 12.4. The molecular formula is C17H18N2O3S. The third-order valence-electron chi connectivity index (χ3n) is 3.88. The number of piperazine rings is 1. The average Bonchev–Trinajstić information content (AvgIpc) is 3.07. The second-order valence-electron chi connectivity index (χ2n) is 5.45. The molecule has 0 bridgehead atoms. The second-order valence-corrected chi connectivity index (χ2v) is 6.48. The van der Waals surface area contributed by atoms with Crippen molar-refractivity contribution in [2.45, 2.75) is 12.6 Å². The van der Waals surface area contributed by atoms with Crippen LogP contribution in [0.4, 0.5) is 0 Å². The van der Waals surface area contributed by atoms with E-state index in [-0.39, 0.29) is 24.9 Å². The van der Waals surface area contributed by atoms with E-state index < -0.39 is 6.23 Å². The minimum absolute atomic E-state index is 0.00915. The molecule has 23 heavy (non-hydrogen) atoms. The zero-order valence-corrected chi connectivity index (χ0v) is 13.4. The predicted octanol–water partition coefficient (Wildman–Crippen LogP) is 1.59. The van der Waals surface area contributed by atoms with Gasteiger partial charge in [0, 0.05) is 17.0 Å². The van der Waals surface area contributed by atoms with E-state index in [0.29, 0.717) is 18.5 Å². The lowest BCUT2D eigenvalue weighted by molar-refractivity contribution is -0.149. The molecule has 1 aliphatic rings. The lowest BCUT2D eigenvalue weighted by atomic mass is 10.1. The maximum Gasteiger partial charge on any atom is 0.254 e. The number of carbonyl (C=O) groups excluding carboxylic acids is 2. The molecule has 1 saturated heterocycles. The first-order valence-corrected chi connectivity index (χ1v) is 8.37. The van der Waals surface area contributed by atoms with Crippen LogP contribution >= 0.6 is 11.3 Å². The van der Waals surface area contributed by atoms with Crippen molar-refractivity contribution >= 4 is 23.2 Å². The van der Waals surface area contributed by atoms with Gasteiger partial charge < -0.3 is 14.9 Å². The number of aliphatic hydroxyl groups is 1. The molecule has 0 spiro atoms. The Morgan fingerprint density at radius 2 is 2.00 bits per heavy atom. The smallest absolute Gasteiger partial charge is 0.254 e. The molecule has 1 aliphatic heterocycles. The molecule has 3 rings (SSSR count). The van der Waals surface area contributed by atoms with Crippen molar-refractivity contribution < 1.29 is 14.7 Å². The molecule has 1 fully saturated rings. The minimum Gasteiger partial charge on any atom is -0.372 e. The van der Waals surface area contributed by atoms with Gasteiger partial charge in [0.2, 0.25) is 5.91 Å². The number of aliphatic hydroxyl groups excluding tert-OH is 1. The van der Waals surface area contributed by atoms with Gasteiger partial charge in [0.1, 0.15) is 12.8 Å². The Labute approximate surface area is 138 Å². The van der Waals surface area contributed by atoms with E-state index in [9.17, 15) is 14.7 Å². The molecule has 2 amide bonds. The van der Waals surface area contributed by atoms with Crippen molar-refractivity contribution in [1.29, 1.82) is 0 Å². The summed E-state index contributed by atoms with van der Waals surface area (Å²) in [5.41, 5.74) is 0.527. The Morgan fingerprint density at radius 3 is 2.65 bits per heavy atom. The van der Waals surface area contributed by atoms with Crippen molar-refractivity contribution in [3.63, 3.8) is 0 Å². The zero-order chi connectivity index (χ0) is 16.2. The summed E-state index contributed by atoms with van der Waals surface area (Å²) in [7, 11) is 0. The summed E-state index contributed by atoms with van der Waals surface area (Å²) in [6, 6.07) is 12.8. The van der Waals surface area contributed by atoms with E-state index in [0.717, 1.165) is 0 Å². The average molecular weight is 330 g/mol. The van der Waals surface area contributed by atoms with E-state index >= 15 is 0 Å². The molecule has 1 N–H and O–H groups in total. The third-order valence-corrected chi connectivity index (χ3v) is 4.81. The number of benzene rings is 1. The predicted molar refractivity (Wildman–Crippen MR) is 88.1 cm³/mol. The number of β-amino-alcohol motifs (C(OH)–C–C–N with tert-alkyl or cyclic N) is 1. The number of amides is 2. The first-order chi connectivity index (χ1) is 11.1. The van der Waals surface area contributed by atoms with Crippen molar-refractivity contribution in [3.05, 3.63) is 58.3 Å². The van der Waals surface area contributed by atoms with Crippen LogP contribution in [0.25, 0.3) is 0 Å². The number of hydrogen-bond donors (Lipinski definition) is 1. The standard InChI is InChI=1S/C17H18N2O3S/c20-15-11-18(17(22)13-5-2-1-3-6-13)12-16(21)19(15)9-8-14-7-4-10-23-14/h1-7,10,15,20H,8-9,11-12H2. The summed E-state index contributed by atoms with van der Waals surface area (Å²) in [5.74, 6) is -0.444. The van der Waals surface area contributed by atoms with Crippen LogP contribution < -0.4 is 0 Å². The van der Waals surface area contributed by atoms with E-state index in [4.69, 9.17) is 0 Å². The van der Waals surface area contributed by atoms with Gasteiger partial charge in [-0.15, -0.1) is 11.3 Å². The van der Waals surface area contributed by atoms with Crippen LogP contribution in [0, 0.1) is 0 Å². The summed E-state index contributed by atoms with van der Waals surface area (Å²) >= 11 is 1.63. The normalized spacial score (nSPS) is 18.3. The fraction of sp³-hybridized carbons (Fsp3) is 0.294. The van der Waals surface area contributed by atoms with E-state index in [2.05, 4.69) is 0 Å². The third kappa shape index (κ3) is 3.60. The van der Waals surface area contributed by atoms with E-state index in [1.165, 1.54) is 14.7 Å². The van der Waals surface area contributed by atoms with Gasteiger partial charge in [-0.3, -0.25) is 9.59 Å². The number of carbonyl (C=O) groups is 2. The molecule has 0 radical (unpaired) electrons. The topological polar surface area (TPSA) is 60.9 Å². The highest BCUT2D eigenvalue weighted by Crippen LogP contribution is 2.15. The molecular weight excluding hydrogens is 312 g/mol. The van der Waals surface area contributed by atoms with Crippen molar-refractivity contribution in [3.8, 4) is 0 Å². The van der Waals surface area contributed by atoms with Crippen LogP contribution in [0.2, 0.25) is 0 Å². The lowest BCUT2D eigenvalue weighted by Gasteiger charge is -2.38. The molecule has 1 atom stereocenters. The van der Waals surface area contributed by atoms with Crippen LogP contribution in [0.5, 0.6) is 0 Å². The fourth-order valence-electron chi connectivity index (χ4n) is 2.66. The molecule has 2 aromatic rings. The number of thiophene rings is 1. The van der Waals surface area contributed by atoms with Crippen LogP contribution in [0.15, 0.2) is 47.8 Å². The van der Waals surface area contributed by atoms with Gasteiger partial charge >= 0.3 is 0 Å². The van der Waals surface area contributed by atoms with Gasteiger partial charge in [0.25, 0.3) is 5.91 Å². The first kappa shape index (κ1) is 15.7. The van der Waals surface area contributed by atoms with Gasteiger partial charge in [-0.2, -0.15) is 0 Å². The quantitative estimate of drug-likeness (QED) is 0.926. The Kier molecular flexibility index (Phi) is 4.73. The summed E-state index contributed by atoms with van der Waals surface area (Å²) in [5, 5.41) is 12.2. The highest BCUT2D eigenvalue weighted by molar-refractivity contribution is 7.09. The molecule has 1 aromatic heterocycles. The second kappa shape index (κ2) is 6.93. The summed E-state index contributed by atoms with van der Waals surface area (Å²) < 4.78 is 0. The molecule has 0 saturated carbocycles. The number of nitrogens with zero attached hydrogens (tertiary/aromatic N) is 2. The van der Waals surface area contributed by atoms with Crippen LogP contribution in [0.1, 0.15) is 15.2 Å². The van der Waals surface area contributed by atoms with Crippen molar-refractivity contribution in [1.82, 2.24) is 9.80 Å². The fourth-order valence-corrected chi connectivity index (χ4v) is 3.36. The SMILES string of the molecule is O=C(c1ccccc1)N1CC(=O)N(CCc2cccs2)C(O)C1. The molecule has 1 aromatic carbocycles. The highest BCUT2D eigenvalue weighted by atomic mass is 32.1.